The molecule has 0 bridgehead atoms. The normalized spacial score (nSPS) is 19.2. The summed E-state index contributed by atoms with van der Waals surface area (Å²) in [5.74, 6) is 0.902. The molecule has 0 fully saturated rings. The third-order valence-electron chi connectivity index (χ3n) is 5.34. The number of hydrogen-bond acceptors (Lipinski definition) is 4. The Morgan fingerprint density at radius 2 is 1.62 bits per heavy atom. The van der Waals surface area contributed by atoms with Crippen molar-refractivity contribution in [1.82, 2.24) is 5.32 Å². The SMILES string of the molecule is CCCCCCCCCCCC1=NC(C(C)(C)COC(C)=O)C(C)(C)N1. The van der Waals surface area contributed by atoms with Crippen molar-refractivity contribution in [2.75, 3.05) is 6.61 Å². The van der Waals surface area contributed by atoms with Crippen molar-refractivity contribution in [3.63, 3.8) is 0 Å². The predicted molar refractivity (Wildman–Crippen MR) is 111 cm³/mol. The minimum atomic E-state index is -0.222. The second-order valence-electron chi connectivity index (χ2n) is 9.17. The largest absolute Gasteiger partial charge is 0.465 e. The van der Waals surface area contributed by atoms with E-state index in [-0.39, 0.29) is 23.0 Å². The van der Waals surface area contributed by atoms with Gasteiger partial charge in [0.2, 0.25) is 0 Å². The van der Waals surface area contributed by atoms with Gasteiger partial charge in [-0.2, -0.15) is 0 Å². The topological polar surface area (TPSA) is 50.7 Å². The molecule has 0 saturated heterocycles. The van der Waals surface area contributed by atoms with Crippen LogP contribution in [0.4, 0.5) is 0 Å². The summed E-state index contributed by atoms with van der Waals surface area (Å²) in [6.07, 6.45) is 13.1. The lowest BCUT2D eigenvalue weighted by atomic mass is 9.76. The molecule has 0 amide bonds. The molecular formula is C22H42N2O2. The van der Waals surface area contributed by atoms with Gasteiger partial charge in [-0.1, -0.05) is 72.1 Å². The molecule has 152 valence electrons. The van der Waals surface area contributed by atoms with Crippen molar-refractivity contribution >= 4 is 11.8 Å². The second kappa shape index (κ2) is 10.9. The molecule has 0 saturated carbocycles. The number of esters is 1. The first kappa shape index (κ1) is 23.0. The van der Waals surface area contributed by atoms with Crippen LogP contribution in [-0.4, -0.2) is 30.0 Å². The van der Waals surface area contributed by atoms with Gasteiger partial charge in [0.15, 0.2) is 0 Å². The van der Waals surface area contributed by atoms with E-state index in [2.05, 4.69) is 39.9 Å². The van der Waals surface area contributed by atoms with Crippen LogP contribution in [0.25, 0.3) is 0 Å². The zero-order chi connectivity index (χ0) is 19.6. The highest BCUT2D eigenvalue weighted by Crippen LogP contribution is 2.35. The predicted octanol–water partition coefficient (Wildman–Crippen LogP) is 5.65. The second-order valence-corrected chi connectivity index (χ2v) is 9.17. The van der Waals surface area contributed by atoms with Crippen molar-refractivity contribution in [2.45, 2.75) is 117 Å². The standard InChI is InChI=1S/C22H42N2O2/c1-7-8-9-10-11-12-13-14-15-16-19-23-20(22(5,6)24-19)21(3,4)17-26-18(2)25/h20H,7-17H2,1-6H3,(H,23,24). The van der Waals surface area contributed by atoms with Crippen LogP contribution < -0.4 is 5.32 Å². The van der Waals surface area contributed by atoms with Crippen molar-refractivity contribution in [1.29, 1.82) is 0 Å². The molecule has 26 heavy (non-hydrogen) atoms. The fourth-order valence-corrected chi connectivity index (χ4v) is 4.04. The van der Waals surface area contributed by atoms with E-state index in [0.29, 0.717) is 6.61 Å². The number of nitrogens with zero attached hydrogens (tertiary/aromatic N) is 1. The van der Waals surface area contributed by atoms with E-state index in [0.717, 1.165) is 12.3 Å². The van der Waals surface area contributed by atoms with E-state index < -0.39 is 0 Å². The van der Waals surface area contributed by atoms with Crippen LogP contribution in [0.5, 0.6) is 0 Å². The lowest BCUT2D eigenvalue weighted by molar-refractivity contribution is -0.144. The molecule has 1 N–H and O–H groups in total. The highest BCUT2D eigenvalue weighted by atomic mass is 16.5. The van der Waals surface area contributed by atoms with Gasteiger partial charge in [0.1, 0.15) is 0 Å². The Balaban J connectivity index is 2.33. The maximum absolute atomic E-state index is 11.2. The summed E-state index contributed by atoms with van der Waals surface area (Å²) in [6.45, 7) is 12.8. The molecule has 0 aromatic rings. The first-order valence-corrected chi connectivity index (χ1v) is 10.7. The molecule has 4 heteroatoms. The number of carbonyl (C=O) groups excluding carboxylic acids is 1. The van der Waals surface area contributed by atoms with Crippen LogP contribution >= 0.6 is 0 Å². The lowest BCUT2D eigenvalue weighted by Crippen LogP contribution is -2.51. The minimum absolute atomic E-state index is 0.0989. The van der Waals surface area contributed by atoms with Crippen molar-refractivity contribution in [3.05, 3.63) is 0 Å². The van der Waals surface area contributed by atoms with Crippen molar-refractivity contribution < 1.29 is 9.53 Å². The van der Waals surface area contributed by atoms with E-state index in [1.807, 2.05) is 0 Å². The van der Waals surface area contributed by atoms with E-state index in [1.54, 1.807) is 0 Å². The summed E-state index contributed by atoms with van der Waals surface area (Å²) in [4.78, 5) is 16.1. The van der Waals surface area contributed by atoms with E-state index >= 15 is 0 Å². The number of amidine groups is 1. The number of unbranched alkanes of at least 4 members (excludes halogenated alkanes) is 8. The van der Waals surface area contributed by atoms with Gasteiger partial charge in [0.25, 0.3) is 0 Å². The van der Waals surface area contributed by atoms with Gasteiger partial charge in [0, 0.05) is 18.8 Å². The average molecular weight is 367 g/mol. The van der Waals surface area contributed by atoms with Crippen LogP contribution in [0.2, 0.25) is 0 Å². The lowest BCUT2D eigenvalue weighted by Gasteiger charge is -2.37. The Hall–Kier alpha value is -1.06. The fraction of sp³-hybridized carbons (Fsp3) is 0.909. The molecule has 1 unspecified atom stereocenters. The van der Waals surface area contributed by atoms with E-state index in [9.17, 15) is 4.79 Å². The Morgan fingerprint density at radius 3 is 2.15 bits per heavy atom. The number of aliphatic imine (C=N–C) groups is 1. The highest BCUT2D eigenvalue weighted by molar-refractivity contribution is 5.85. The zero-order valence-corrected chi connectivity index (χ0v) is 18.1. The molecule has 0 aromatic carbocycles. The van der Waals surface area contributed by atoms with Gasteiger partial charge in [0.05, 0.1) is 24.0 Å². The minimum Gasteiger partial charge on any atom is -0.465 e. The van der Waals surface area contributed by atoms with Crippen LogP contribution in [-0.2, 0) is 9.53 Å². The summed E-state index contributed by atoms with van der Waals surface area (Å²) in [5.41, 5.74) is -0.277. The first-order valence-electron chi connectivity index (χ1n) is 10.7. The number of carbonyl (C=O) groups is 1. The smallest absolute Gasteiger partial charge is 0.302 e. The molecular weight excluding hydrogens is 324 g/mol. The van der Waals surface area contributed by atoms with E-state index in [4.69, 9.17) is 9.73 Å². The highest BCUT2D eigenvalue weighted by Gasteiger charge is 2.45. The maximum Gasteiger partial charge on any atom is 0.302 e. The number of rotatable bonds is 13. The van der Waals surface area contributed by atoms with Crippen molar-refractivity contribution in [3.8, 4) is 0 Å². The molecule has 0 aromatic heterocycles. The Bertz CT molecular complexity index is 455. The quantitative estimate of drug-likeness (QED) is 0.339. The molecule has 4 nitrogen and oxygen atoms in total. The number of hydrogen-bond donors (Lipinski definition) is 1. The molecule has 1 aliphatic rings. The third kappa shape index (κ3) is 8.09. The number of nitrogens with one attached hydrogen (secondary N) is 1. The van der Waals surface area contributed by atoms with Gasteiger partial charge in [-0.05, 0) is 20.3 Å². The Kier molecular flexibility index (Phi) is 9.67. The van der Waals surface area contributed by atoms with Gasteiger partial charge >= 0.3 is 5.97 Å². The summed E-state index contributed by atoms with van der Waals surface area (Å²) < 4.78 is 5.27. The molecule has 1 aliphatic heterocycles. The van der Waals surface area contributed by atoms with Crippen LogP contribution in [0.15, 0.2) is 4.99 Å². The molecule has 1 heterocycles. The summed E-state index contributed by atoms with van der Waals surface area (Å²) in [7, 11) is 0. The Morgan fingerprint density at radius 1 is 1.08 bits per heavy atom. The summed E-state index contributed by atoms with van der Waals surface area (Å²) in [6, 6.07) is 0.114. The Labute approximate surface area is 161 Å². The van der Waals surface area contributed by atoms with Gasteiger partial charge in [-0.15, -0.1) is 0 Å². The maximum atomic E-state index is 11.2. The van der Waals surface area contributed by atoms with Crippen LogP contribution in [0.3, 0.4) is 0 Å². The third-order valence-corrected chi connectivity index (χ3v) is 5.34. The van der Waals surface area contributed by atoms with Crippen LogP contribution in [0.1, 0.15) is 106 Å². The van der Waals surface area contributed by atoms with E-state index in [1.165, 1.54) is 64.7 Å². The summed E-state index contributed by atoms with van der Waals surface area (Å²) in [5, 5.41) is 3.61. The molecule has 1 atom stereocenters. The first-order chi connectivity index (χ1) is 12.2. The summed E-state index contributed by atoms with van der Waals surface area (Å²) >= 11 is 0. The van der Waals surface area contributed by atoms with Gasteiger partial charge in [-0.3, -0.25) is 9.79 Å². The average Bonchev–Trinajstić information content (AvgIpc) is 2.87. The molecule has 1 rings (SSSR count). The number of ether oxygens (including phenoxy) is 1. The fourth-order valence-electron chi connectivity index (χ4n) is 4.04. The molecule has 0 aliphatic carbocycles. The zero-order valence-electron chi connectivity index (χ0n) is 18.1. The van der Waals surface area contributed by atoms with Gasteiger partial charge in [-0.25, -0.2) is 0 Å². The molecule has 0 spiro atoms. The van der Waals surface area contributed by atoms with Gasteiger partial charge < -0.3 is 10.1 Å². The monoisotopic (exact) mass is 366 g/mol. The van der Waals surface area contributed by atoms with Crippen molar-refractivity contribution in [2.24, 2.45) is 10.4 Å². The molecule has 0 radical (unpaired) electrons. The van der Waals surface area contributed by atoms with Crippen LogP contribution in [0, 0.1) is 5.41 Å².